The van der Waals surface area contributed by atoms with Gasteiger partial charge in [-0.1, -0.05) is 35.9 Å². The van der Waals surface area contributed by atoms with Crippen LogP contribution in [0.3, 0.4) is 0 Å². The molecule has 0 spiro atoms. The first-order valence-corrected chi connectivity index (χ1v) is 6.86. The largest absolute Gasteiger partial charge is 0.326 e. The minimum Gasteiger partial charge on any atom is -0.326 e. The van der Waals surface area contributed by atoms with Crippen molar-refractivity contribution in [3.8, 4) is 0 Å². The Morgan fingerprint density at radius 1 is 1.10 bits per heavy atom. The molecule has 0 radical (unpaired) electrons. The number of hydrogen-bond acceptors (Lipinski definition) is 2. The molecule has 0 fully saturated rings. The second kappa shape index (κ2) is 6.84. The van der Waals surface area contributed by atoms with Gasteiger partial charge in [0.15, 0.2) is 0 Å². The summed E-state index contributed by atoms with van der Waals surface area (Å²) in [5.74, 6) is -0.203. The molecule has 4 heteroatoms. The van der Waals surface area contributed by atoms with Crippen LogP contribution in [0.25, 0.3) is 0 Å². The van der Waals surface area contributed by atoms with E-state index in [-0.39, 0.29) is 5.82 Å². The second-order valence-corrected chi connectivity index (χ2v) is 5.37. The predicted molar refractivity (Wildman–Crippen MR) is 80.9 cm³/mol. The molecule has 2 aromatic rings. The third-order valence-corrected chi connectivity index (χ3v) is 3.37. The number of rotatable bonds is 5. The number of nitrogens with zero attached hydrogens (tertiary/aromatic N) is 1. The van der Waals surface area contributed by atoms with Crippen molar-refractivity contribution in [3.05, 3.63) is 70.0 Å². The molecule has 2 rings (SSSR count). The monoisotopic (exact) mass is 292 g/mol. The Morgan fingerprint density at radius 2 is 1.90 bits per heavy atom. The van der Waals surface area contributed by atoms with Crippen molar-refractivity contribution in [2.24, 2.45) is 5.73 Å². The van der Waals surface area contributed by atoms with E-state index >= 15 is 0 Å². The highest BCUT2D eigenvalue weighted by atomic mass is 35.5. The summed E-state index contributed by atoms with van der Waals surface area (Å²) in [4.78, 5) is 2.05. The lowest BCUT2D eigenvalue weighted by molar-refractivity contribution is 0.313. The van der Waals surface area contributed by atoms with E-state index in [1.54, 1.807) is 6.07 Å². The molecule has 0 atom stereocenters. The highest BCUT2D eigenvalue weighted by Gasteiger charge is 2.07. The van der Waals surface area contributed by atoms with Crippen LogP contribution in [0.4, 0.5) is 4.39 Å². The van der Waals surface area contributed by atoms with Crippen LogP contribution in [0.2, 0.25) is 5.02 Å². The number of hydrogen-bond donors (Lipinski definition) is 1. The summed E-state index contributed by atoms with van der Waals surface area (Å²) in [5.41, 5.74) is 8.09. The first-order chi connectivity index (χ1) is 9.58. The second-order valence-electron chi connectivity index (χ2n) is 4.93. The van der Waals surface area contributed by atoms with Crippen LogP contribution in [0.5, 0.6) is 0 Å². The molecular weight excluding hydrogens is 275 g/mol. The van der Waals surface area contributed by atoms with Gasteiger partial charge in [0, 0.05) is 30.2 Å². The normalized spacial score (nSPS) is 11.1. The van der Waals surface area contributed by atoms with Gasteiger partial charge in [0.1, 0.15) is 5.82 Å². The van der Waals surface area contributed by atoms with E-state index < -0.39 is 0 Å². The quantitative estimate of drug-likeness (QED) is 0.913. The minimum atomic E-state index is -0.203. The van der Waals surface area contributed by atoms with Crippen molar-refractivity contribution < 1.29 is 4.39 Å². The molecule has 0 amide bonds. The highest BCUT2D eigenvalue weighted by molar-refractivity contribution is 6.30. The Bertz CT molecular complexity index is 586. The molecule has 0 saturated carbocycles. The zero-order valence-corrected chi connectivity index (χ0v) is 12.2. The van der Waals surface area contributed by atoms with E-state index in [9.17, 15) is 4.39 Å². The van der Waals surface area contributed by atoms with E-state index in [4.69, 9.17) is 17.3 Å². The van der Waals surface area contributed by atoms with Gasteiger partial charge in [-0.15, -0.1) is 0 Å². The fourth-order valence-corrected chi connectivity index (χ4v) is 2.35. The summed E-state index contributed by atoms with van der Waals surface area (Å²) in [6.45, 7) is 1.62. The number of halogens is 2. The standard InChI is InChI=1S/C16H18ClFN2/c1-20(10-13-3-2-4-15(17)7-13)11-14-6-5-12(9-19)8-16(14)18/h2-8H,9-11,19H2,1H3. The van der Waals surface area contributed by atoms with Crippen LogP contribution >= 0.6 is 11.6 Å². The third-order valence-electron chi connectivity index (χ3n) is 3.13. The van der Waals surface area contributed by atoms with Gasteiger partial charge >= 0.3 is 0 Å². The average Bonchev–Trinajstić information content (AvgIpc) is 2.41. The smallest absolute Gasteiger partial charge is 0.128 e. The molecule has 0 saturated heterocycles. The van der Waals surface area contributed by atoms with E-state index in [1.165, 1.54) is 6.07 Å². The van der Waals surface area contributed by atoms with Crippen molar-refractivity contribution in [3.63, 3.8) is 0 Å². The minimum absolute atomic E-state index is 0.203. The Kier molecular flexibility index (Phi) is 5.12. The van der Waals surface area contributed by atoms with Gasteiger partial charge < -0.3 is 5.73 Å². The molecule has 2 aromatic carbocycles. The molecular formula is C16H18ClFN2. The predicted octanol–water partition coefficient (Wildman–Crippen LogP) is 3.57. The highest BCUT2D eigenvalue weighted by Crippen LogP contribution is 2.15. The maximum atomic E-state index is 13.9. The molecule has 0 heterocycles. The third kappa shape index (κ3) is 4.04. The number of nitrogens with two attached hydrogens (primary N) is 1. The zero-order valence-electron chi connectivity index (χ0n) is 11.4. The summed E-state index contributed by atoms with van der Waals surface area (Å²) < 4.78 is 13.9. The fourth-order valence-electron chi connectivity index (χ4n) is 2.14. The Hall–Kier alpha value is -1.42. The lowest BCUT2D eigenvalue weighted by Crippen LogP contribution is -2.18. The summed E-state index contributed by atoms with van der Waals surface area (Å²) >= 11 is 5.96. The summed E-state index contributed by atoms with van der Waals surface area (Å²) in [7, 11) is 1.96. The molecule has 20 heavy (non-hydrogen) atoms. The van der Waals surface area contributed by atoms with Crippen molar-refractivity contribution in [2.45, 2.75) is 19.6 Å². The van der Waals surface area contributed by atoms with E-state index in [0.29, 0.717) is 18.7 Å². The Balaban J connectivity index is 2.02. The van der Waals surface area contributed by atoms with Crippen molar-refractivity contribution in [1.29, 1.82) is 0 Å². The van der Waals surface area contributed by atoms with Crippen LogP contribution in [0.1, 0.15) is 16.7 Å². The lowest BCUT2D eigenvalue weighted by atomic mass is 10.1. The first kappa shape index (κ1) is 15.0. The Morgan fingerprint density at radius 3 is 2.55 bits per heavy atom. The maximum absolute atomic E-state index is 13.9. The molecule has 2 nitrogen and oxygen atoms in total. The van der Waals surface area contributed by atoms with Crippen LogP contribution < -0.4 is 5.73 Å². The van der Waals surface area contributed by atoms with Crippen molar-refractivity contribution in [2.75, 3.05) is 7.05 Å². The fraction of sp³-hybridized carbons (Fsp3) is 0.250. The maximum Gasteiger partial charge on any atom is 0.128 e. The van der Waals surface area contributed by atoms with E-state index in [0.717, 1.165) is 22.7 Å². The van der Waals surface area contributed by atoms with Gasteiger partial charge in [0.05, 0.1) is 0 Å². The van der Waals surface area contributed by atoms with Gasteiger partial charge in [-0.3, -0.25) is 4.90 Å². The lowest BCUT2D eigenvalue weighted by Gasteiger charge is -2.17. The van der Waals surface area contributed by atoms with Crippen LogP contribution in [0.15, 0.2) is 42.5 Å². The summed E-state index contributed by atoms with van der Waals surface area (Å²) in [6.07, 6.45) is 0. The molecule has 0 unspecified atom stereocenters. The van der Waals surface area contributed by atoms with Crippen LogP contribution in [-0.2, 0) is 19.6 Å². The SMILES string of the molecule is CN(Cc1cccc(Cl)c1)Cc1ccc(CN)cc1F. The van der Waals surface area contributed by atoms with Gasteiger partial charge in [0.2, 0.25) is 0 Å². The molecule has 0 bridgehead atoms. The van der Waals surface area contributed by atoms with Crippen molar-refractivity contribution >= 4 is 11.6 Å². The average molecular weight is 293 g/mol. The van der Waals surface area contributed by atoms with Gasteiger partial charge in [-0.25, -0.2) is 4.39 Å². The van der Waals surface area contributed by atoms with Crippen LogP contribution in [-0.4, -0.2) is 11.9 Å². The molecule has 0 aliphatic carbocycles. The summed E-state index contributed by atoms with van der Waals surface area (Å²) in [6, 6.07) is 12.9. The molecule has 2 N–H and O–H groups in total. The molecule has 0 aliphatic heterocycles. The van der Waals surface area contributed by atoms with E-state index in [2.05, 4.69) is 0 Å². The van der Waals surface area contributed by atoms with Gasteiger partial charge in [-0.2, -0.15) is 0 Å². The first-order valence-electron chi connectivity index (χ1n) is 6.49. The molecule has 0 aliphatic rings. The molecule has 0 aromatic heterocycles. The van der Waals surface area contributed by atoms with Crippen LogP contribution in [0, 0.1) is 5.82 Å². The van der Waals surface area contributed by atoms with E-state index in [1.807, 2.05) is 42.3 Å². The van der Waals surface area contributed by atoms with Gasteiger partial charge in [-0.05, 0) is 36.4 Å². The van der Waals surface area contributed by atoms with Gasteiger partial charge in [0.25, 0.3) is 0 Å². The topological polar surface area (TPSA) is 29.3 Å². The summed E-state index contributed by atoms with van der Waals surface area (Å²) in [5, 5.41) is 0.717. The van der Waals surface area contributed by atoms with Crippen molar-refractivity contribution in [1.82, 2.24) is 4.90 Å². The number of benzene rings is 2. The Labute approximate surface area is 124 Å². The molecule has 106 valence electrons. The zero-order chi connectivity index (χ0) is 14.5.